The number of hydrogen-bond donors (Lipinski definition) is 2. The van der Waals surface area contributed by atoms with Crippen LogP contribution in [-0.2, 0) is 10.5 Å². The molecule has 3 heterocycles. The number of furan rings is 1. The highest BCUT2D eigenvalue weighted by molar-refractivity contribution is 8.00. The van der Waals surface area contributed by atoms with Crippen LogP contribution in [0.2, 0.25) is 0 Å². The van der Waals surface area contributed by atoms with Gasteiger partial charge in [0.15, 0.2) is 38.7 Å². The van der Waals surface area contributed by atoms with E-state index in [1.54, 1.807) is 36.4 Å². The number of amides is 1. The summed E-state index contributed by atoms with van der Waals surface area (Å²) in [5, 5.41) is 30.3. The standard InChI is InChI=1S/C30H22FN3O7S2/c1-39-20-9-5-7-16-13-22(41-27(16)20)25(36)23-24(15-10-11-19(35)21(12-15)40-2)34(28(38)26(23)37)29-32-33-30(43-29)42-14-17-6-3-4-8-18(17)31/h3-13,24,35,37H,14H2,1-2H3. The van der Waals surface area contributed by atoms with Gasteiger partial charge in [-0.2, -0.15) is 0 Å². The van der Waals surface area contributed by atoms with Crippen molar-refractivity contribution in [1.82, 2.24) is 10.2 Å². The van der Waals surface area contributed by atoms with E-state index in [9.17, 15) is 24.2 Å². The number of phenolic OH excluding ortho intramolecular Hbond substituents is 1. The van der Waals surface area contributed by atoms with Crippen molar-refractivity contribution in [2.75, 3.05) is 19.1 Å². The molecule has 218 valence electrons. The number of aliphatic hydroxyl groups is 1. The van der Waals surface area contributed by atoms with Gasteiger partial charge in [0.05, 0.1) is 25.8 Å². The summed E-state index contributed by atoms with van der Waals surface area (Å²) in [7, 11) is 2.83. The first kappa shape index (κ1) is 28.2. The molecule has 1 amide bonds. The number of aromatic nitrogens is 2. The quantitative estimate of drug-likeness (QED) is 0.111. The zero-order chi connectivity index (χ0) is 30.2. The lowest BCUT2D eigenvalue weighted by atomic mass is 9.95. The minimum absolute atomic E-state index is 0.0926. The van der Waals surface area contributed by atoms with E-state index in [1.807, 2.05) is 0 Å². The maximum absolute atomic E-state index is 14.1. The molecule has 1 aliphatic rings. The van der Waals surface area contributed by atoms with Gasteiger partial charge in [-0.1, -0.05) is 59.5 Å². The molecule has 0 radical (unpaired) electrons. The maximum Gasteiger partial charge on any atom is 0.296 e. The number of phenols is 1. The van der Waals surface area contributed by atoms with Gasteiger partial charge >= 0.3 is 0 Å². The van der Waals surface area contributed by atoms with E-state index in [2.05, 4.69) is 10.2 Å². The van der Waals surface area contributed by atoms with Crippen LogP contribution < -0.4 is 14.4 Å². The summed E-state index contributed by atoms with van der Waals surface area (Å²) in [6.07, 6.45) is 0. The number of hydrogen-bond acceptors (Lipinski definition) is 11. The Balaban J connectivity index is 1.40. The summed E-state index contributed by atoms with van der Waals surface area (Å²) < 4.78 is 31.0. The fraction of sp³-hybridized carbons (Fsp3) is 0.133. The zero-order valence-corrected chi connectivity index (χ0v) is 24.2. The molecule has 0 aliphatic carbocycles. The molecule has 0 saturated carbocycles. The SMILES string of the molecule is COc1cc(C2C(C(=O)c3cc4cccc(OC)c4o3)=C(O)C(=O)N2c2nnc(SCc3ccccc3F)s2)ccc1O. The molecule has 2 aromatic heterocycles. The first-order valence-electron chi connectivity index (χ1n) is 12.7. The summed E-state index contributed by atoms with van der Waals surface area (Å²) in [5.41, 5.74) is 0.898. The van der Waals surface area contributed by atoms with Gasteiger partial charge < -0.3 is 24.1 Å². The number of carbonyl (C=O) groups is 2. The Morgan fingerprint density at radius 2 is 1.84 bits per heavy atom. The van der Waals surface area contributed by atoms with Crippen molar-refractivity contribution in [3.63, 3.8) is 0 Å². The average molecular weight is 620 g/mol. The number of Topliss-reactive ketones (excluding diaryl/α,β-unsaturated/α-hetero) is 1. The van der Waals surface area contributed by atoms with Gasteiger partial charge in [-0.3, -0.25) is 14.5 Å². The van der Waals surface area contributed by atoms with E-state index >= 15 is 0 Å². The Morgan fingerprint density at radius 3 is 2.60 bits per heavy atom. The Hall–Kier alpha value is -4.88. The number of halogens is 1. The Kier molecular flexibility index (Phi) is 7.50. The second kappa shape index (κ2) is 11.4. The zero-order valence-electron chi connectivity index (χ0n) is 22.6. The molecule has 1 unspecified atom stereocenters. The van der Waals surface area contributed by atoms with Crippen molar-refractivity contribution >= 4 is 50.9 Å². The number of methoxy groups -OCH3 is 2. The van der Waals surface area contributed by atoms with Crippen LogP contribution in [0.25, 0.3) is 11.0 Å². The van der Waals surface area contributed by atoms with E-state index in [1.165, 1.54) is 56.3 Å². The fourth-order valence-corrected chi connectivity index (χ4v) is 6.62. The number of benzene rings is 3. The van der Waals surface area contributed by atoms with Crippen LogP contribution in [0.3, 0.4) is 0 Å². The monoisotopic (exact) mass is 619 g/mol. The molecule has 0 fully saturated rings. The Morgan fingerprint density at radius 1 is 1.05 bits per heavy atom. The highest BCUT2D eigenvalue weighted by Gasteiger charge is 2.47. The number of carbonyl (C=O) groups excluding carboxylic acids is 2. The van der Waals surface area contributed by atoms with Crippen molar-refractivity contribution in [3.8, 4) is 17.2 Å². The van der Waals surface area contributed by atoms with Crippen molar-refractivity contribution in [3.05, 3.63) is 101 Å². The highest BCUT2D eigenvalue weighted by Crippen LogP contribution is 2.46. The third-order valence-electron chi connectivity index (χ3n) is 6.83. The Bertz CT molecular complexity index is 1920. The summed E-state index contributed by atoms with van der Waals surface area (Å²) in [6, 6.07) is 16.2. The van der Waals surface area contributed by atoms with Gasteiger partial charge in [0.25, 0.3) is 5.91 Å². The molecular weight excluding hydrogens is 597 g/mol. The molecule has 2 N–H and O–H groups in total. The van der Waals surface area contributed by atoms with Gasteiger partial charge in [0.1, 0.15) is 5.82 Å². The number of fused-ring (bicyclic) bond motifs is 1. The normalized spacial score (nSPS) is 15.0. The van der Waals surface area contributed by atoms with Crippen LogP contribution in [0, 0.1) is 5.82 Å². The summed E-state index contributed by atoms with van der Waals surface area (Å²) >= 11 is 2.27. The van der Waals surface area contributed by atoms with Crippen molar-refractivity contribution in [1.29, 1.82) is 0 Å². The Labute approximate surface area is 252 Å². The van der Waals surface area contributed by atoms with Crippen molar-refractivity contribution < 1.29 is 38.1 Å². The van der Waals surface area contributed by atoms with E-state index in [-0.39, 0.29) is 39.5 Å². The van der Waals surface area contributed by atoms with E-state index < -0.39 is 23.5 Å². The number of para-hydroxylation sites is 1. The van der Waals surface area contributed by atoms with Gasteiger partial charge in [-0.25, -0.2) is 4.39 Å². The number of rotatable bonds is 9. The lowest BCUT2D eigenvalue weighted by Crippen LogP contribution is -2.31. The minimum Gasteiger partial charge on any atom is -0.504 e. The third kappa shape index (κ3) is 5.06. The van der Waals surface area contributed by atoms with Crippen LogP contribution in [-0.4, -0.2) is 46.3 Å². The van der Waals surface area contributed by atoms with Crippen molar-refractivity contribution in [2.45, 2.75) is 16.1 Å². The second-order valence-corrected chi connectivity index (χ2v) is 11.5. The molecule has 3 aromatic carbocycles. The lowest BCUT2D eigenvalue weighted by Gasteiger charge is -2.24. The number of nitrogens with zero attached hydrogens (tertiary/aromatic N) is 3. The fourth-order valence-electron chi connectivity index (χ4n) is 4.77. The first-order valence-corrected chi connectivity index (χ1v) is 14.6. The molecule has 5 aromatic rings. The van der Waals surface area contributed by atoms with Crippen molar-refractivity contribution in [2.24, 2.45) is 0 Å². The van der Waals surface area contributed by atoms with Crippen LogP contribution in [0.1, 0.15) is 27.7 Å². The maximum atomic E-state index is 14.1. The average Bonchev–Trinajstić information content (AvgIpc) is 3.73. The minimum atomic E-state index is -1.18. The molecule has 1 atom stereocenters. The molecule has 0 saturated heterocycles. The van der Waals surface area contributed by atoms with E-state index in [0.717, 1.165) is 16.2 Å². The molecule has 10 nitrogen and oxygen atoms in total. The molecule has 0 spiro atoms. The van der Waals surface area contributed by atoms with Gasteiger partial charge in [-0.05, 0) is 41.5 Å². The summed E-state index contributed by atoms with van der Waals surface area (Å²) in [5.74, 6) is -2.25. The second-order valence-electron chi connectivity index (χ2n) is 9.32. The number of anilines is 1. The number of ketones is 1. The predicted octanol–water partition coefficient (Wildman–Crippen LogP) is 6.22. The topological polar surface area (TPSA) is 135 Å². The predicted molar refractivity (Wildman–Crippen MR) is 158 cm³/mol. The molecule has 1 aliphatic heterocycles. The molecule has 43 heavy (non-hydrogen) atoms. The summed E-state index contributed by atoms with van der Waals surface area (Å²) in [4.78, 5) is 28.7. The van der Waals surface area contributed by atoms with Crippen LogP contribution in [0.5, 0.6) is 17.2 Å². The van der Waals surface area contributed by atoms with Crippen LogP contribution in [0.4, 0.5) is 9.52 Å². The van der Waals surface area contributed by atoms with E-state index in [4.69, 9.17) is 13.9 Å². The number of thioether (sulfide) groups is 1. The van der Waals surface area contributed by atoms with Crippen LogP contribution in [0.15, 0.2) is 86.8 Å². The van der Waals surface area contributed by atoms with Gasteiger partial charge in [-0.15, -0.1) is 10.2 Å². The largest absolute Gasteiger partial charge is 0.504 e. The highest BCUT2D eigenvalue weighted by atomic mass is 32.2. The first-order chi connectivity index (χ1) is 20.8. The molecule has 13 heteroatoms. The molecule has 6 rings (SSSR count). The molecular formula is C30H22FN3O7S2. The molecule has 0 bridgehead atoms. The van der Waals surface area contributed by atoms with Gasteiger partial charge in [0.2, 0.25) is 10.9 Å². The number of ether oxygens (including phenoxy) is 2. The lowest BCUT2D eigenvalue weighted by molar-refractivity contribution is -0.117. The summed E-state index contributed by atoms with van der Waals surface area (Å²) in [6.45, 7) is 0. The number of aliphatic hydroxyl groups excluding tert-OH is 1. The van der Waals surface area contributed by atoms with Crippen LogP contribution >= 0.6 is 23.1 Å². The third-order valence-corrected chi connectivity index (χ3v) is 8.94. The van der Waals surface area contributed by atoms with Gasteiger partial charge in [0, 0.05) is 11.1 Å². The number of aromatic hydroxyl groups is 1. The van der Waals surface area contributed by atoms with E-state index in [0.29, 0.717) is 32.2 Å². The smallest absolute Gasteiger partial charge is 0.296 e.